The van der Waals surface area contributed by atoms with Gasteiger partial charge in [-0.15, -0.1) is 0 Å². The Balaban J connectivity index is 0.000000151. The molecular weight excluding hydrogens is 503 g/mol. The first-order valence-corrected chi connectivity index (χ1v) is 9.84. The van der Waals surface area contributed by atoms with Gasteiger partial charge < -0.3 is 0 Å². The van der Waals surface area contributed by atoms with Gasteiger partial charge in [-0.3, -0.25) is 9.97 Å². The highest BCUT2D eigenvalue weighted by atomic mass is 79.9. The summed E-state index contributed by atoms with van der Waals surface area (Å²) < 4.78 is 1.76. The maximum Gasteiger partial charge on any atom is 0.103 e. The molecule has 26 heavy (non-hydrogen) atoms. The number of aromatic nitrogens is 4. The Morgan fingerprint density at radius 2 is 1.23 bits per heavy atom. The Morgan fingerprint density at radius 1 is 0.692 bits per heavy atom. The van der Waals surface area contributed by atoms with Gasteiger partial charge in [0.1, 0.15) is 11.0 Å². The fourth-order valence-corrected chi connectivity index (χ4v) is 4.05. The molecule has 2 aromatic carbocycles. The lowest BCUT2D eigenvalue weighted by Crippen LogP contribution is -1.87. The fraction of sp³-hybridized carbons (Fsp3) is 0.111. The molecule has 0 fully saturated rings. The second-order valence-corrected chi connectivity index (χ2v) is 8.12. The average molecular weight is 515 g/mol. The summed E-state index contributed by atoms with van der Waals surface area (Å²) in [7, 11) is 0. The summed E-state index contributed by atoms with van der Waals surface area (Å²) >= 11 is 18.5. The molecule has 0 aliphatic rings. The van der Waals surface area contributed by atoms with E-state index in [-0.39, 0.29) is 0 Å². The summed E-state index contributed by atoms with van der Waals surface area (Å²) in [4.78, 5) is 17.1. The fourth-order valence-electron chi connectivity index (χ4n) is 2.27. The summed E-state index contributed by atoms with van der Waals surface area (Å²) in [6, 6.07) is 7.24. The molecular formula is C18H12Br2Cl2N4. The summed E-state index contributed by atoms with van der Waals surface area (Å²) in [6.45, 7) is 3.81. The average Bonchev–Trinajstić information content (AvgIpc) is 2.55. The molecule has 4 rings (SSSR count). The van der Waals surface area contributed by atoms with Crippen LogP contribution in [0, 0.1) is 13.8 Å². The van der Waals surface area contributed by atoms with Gasteiger partial charge in [0.15, 0.2) is 0 Å². The molecule has 132 valence electrons. The summed E-state index contributed by atoms with van der Waals surface area (Å²) in [5, 5.41) is 1.33. The lowest BCUT2D eigenvalue weighted by molar-refractivity contribution is 1.18. The van der Waals surface area contributed by atoms with E-state index in [0.717, 1.165) is 42.4 Å². The minimum absolute atomic E-state index is 0.664. The third-order valence-corrected chi connectivity index (χ3v) is 5.02. The third kappa shape index (κ3) is 4.49. The van der Waals surface area contributed by atoms with Gasteiger partial charge in [0.05, 0.1) is 22.4 Å². The number of hydrogen-bond acceptors (Lipinski definition) is 4. The zero-order chi connectivity index (χ0) is 18.8. The smallest absolute Gasteiger partial charge is 0.103 e. The Morgan fingerprint density at radius 3 is 1.92 bits per heavy atom. The summed E-state index contributed by atoms with van der Waals surface area (Å²) in [5.41, 5.74) is 5.11. The molecule has 0 N–H and O–H groups in total. The molecule has 0 saturated heterocycles. The van der Waals surface area contributed by atoms with Crippen LogP contribution in [-0.4, -0.2) is 19.9 Å². The van der Waals surface area contributed by atoms with E-state index in [1.54, 1.807) is 18.5 Å². The van der Waals surface area contributed by atoms with Gasteiger partial charge >= 0.3 is 0 Å². The zero-order valence-electron chi connectivity index (χ0n) is 13.8. The maximum atomic E-state index is 5.88. The van der Waals surface area contributed by atoms with Gasteiger partial charge in [-0.25, -0.2) is 9.97 Å². The molecule has 4 aromatic rings. The van der Waals surface area contributed by atoms with E-state index in [2.05, 4.69) is 51.8 Å². The molecule has 0 radical (unpaired) electrons. The van der Waals surface area contributed by atoms with Gasteiger partial charge in [0.25, 0.3) is 0 Å². The van der Waals surface area contributed by atoms with Crippen molar-refractivity contribution in [3.05, 3.63) is 67.0 Å². The maximum absolute atomic E-state index is 5.88. The Hall–Kier alpha value is -1.34. The van der Waals surface area contributed by atoms with E-state index < -0.39 is 0 Å². The van der Waals surface area contributed by atoms with Crippen LogP contribution in [0.25, 0.3) is 22.1 Å². The SMILES string of the molecule is Cc1cnc2c(Br)cc(Cl)cc2n1.Cc1cnc2cc(Cl)cc(Br)c2n1. The molecule has 0 atom stereocenters. The number of benzene rings is 2. The molecule has 0 amide bonds. The Bertz CT molecular complexity index is 1110. The van der Waals surface area contributed by atoms with Gasteiger partial charge in [-0.05, 0) is 70.0 Å². The van der Waals surface area contributed by atoms with Crippen molar-refractivity contribution in [1.29, 1.82) is 0 Å². The van der Waals surface area contributed by atoms with Crippen LogP contribution in [-0.2, 0) is 0 Å². The molecule has 4 nitrogen and oxygen atoms in total. The van der Waals surface area contributed by atoms with Crippen LogP contribution in [0.4, 0.5) is 0 Å². The van der Waals surface area contributed by atoms with E-state index in [4.69, 9.17) is 23.2 Å². The van der Waals surface area contributed by atoms with Crippen molar-refractivity contribution >= 4 is 77.1 Å². The topological polar surface area (TPSA) is 51.6 Å². The minimum Gasteiger partial charge on any atom is -0.253 e. The van der Waals surface area contributed by atoms with Crippen LogP contribution in [0.5, 0.6) is 0 Å². The number of halogens is 4. The summed E-state index contributed by atoms with van der Waals surface area (Å²) in [5.74, 6) is 0. The minimum atomic E-state index is 0.664. The molecule has 2 heterocycles. The normalized spacial score (nSPS) is 10.7. The molecule has 0 bridgehead atoms. The van der Waals surface area contributed by atoms with Crippen LogP contribution < -0.4 is 0 Å². The lowest BCUT2D eigenvalue weighted by atomic mass is 10.3. The van der Waals surface area contributed by atoms with Crippen molar-refractivity contribution in [2.75, 3.05) is 0 Å². The molecule has 0 saturated carbocycles. The predicted molar refractivity (Wildman–Crippen MR) is 114 cm³/mol. The molecule has 8 heteroatoms. The highest BCUT2D eigenvalue weighted by molar-refractivity contribution is 9.11. The highest BCUT2D eigenvalue weighted by Gasteiger charge is 2.04. The Kier molecular flexibility index (Phi) is 6.07. The number of hydrogen-bond donors (Lipinski definition) is 0. The van der Waals surface area contributed by atoms with Crippen molar-refractivity contribution in [1.82, 2.24) is 19.9 Å². The third-order valence-electron chi connectivity index (χ3n) is 3.37. The predicted octanol–water partition coefficient (Wildman–Crippen LogP) is 6.71. The van der Waals surface area contributed by atoms with Crippen LogP contribution >= 0.6 is 55.1 Å². The highest BCUT2D eigenvalue weighted by Crippen LogP contribution is 2.26. The summed E-state index contributed by atoms with van der Waals surface area (Å²) in [6.07, 6.45) is 3.46. The van der Waals surface area contributed by atoms with E-state index in [0.29, 0.717) is 10.0 Å². The lowest BCUT2D eigenvalue weighted by Gasteiger charge is -2.00. The van der Waals surface area contributed by atoms with Crippen LogP contribution in [0.1, 0.15) is 11.4 Å². The van der Waals surface area contributed by atoms with Gasteiger partial charge in [-0.1, -0.05) is 23.2 Å². The molecule has 0 aliphatic carbocycles. The largest absolute Gasteiger partial charge is 0.253 e. The van der Waals surface area contributed by atoms with Crippen molar-refractivity contribution in [2.45, 2.75) is 13.8 Å². The number of rotatable bonds is 0. The van der Waals surface area contributed by atoms with E-state index in [1.807, 2.05) is 32.0 Å². The molecule has 0 aliphatic heterocycles. The van der Waals surface area contributed by atoms with Crippen molar-refractivity contribution in [3.8, 4) is 0 Å². The number of fused-ring (bicyclic) bond motifs is 2. The first-order valence-electron chi connectivity index (χ1n) is 7.50. The molecule has 0 spiro atoms. The van der Waals surface area contributed by atoms with Crippen LogP contribution in [0.15, 0.2) is 45.6 Å². The van der Waals surface area contributed by atoms with Crippen LogP contribution in [0.3, 0.4) is 0 Å². The Labute approximate surface area is 177 Å². The molecule has 2 aromatic heterocycles. The molecule has 0 unspecified atom stereocenters. The van der Waals surface area contributed by atoms with Crippen LogP contribution in [0.2, 0.25) is 10.0 Å². The van der Waals surface area contributed by atoms with Crippen molar-refractivity contribution < 1.29 is 0 Å². The standard InChI is InChI=1S/2C9H6BrClN2/c1-5-4-12-9-7(10)2-6(11)3-8(9)13-5;1-5-4-12-8-3-6(11)2-7(10)9(8)13-5/h2*2-4H,1H3. The van der Waals surface area contributed by atoms with Gasteiger partial charge in [0.2, 0.25) is 0 Å². The first-order chi connectivity index (χ1) is 12.3. The monoisotopic (exact) mass is 512 g/mol. The van der Waals surface area contributed by atoms with E-state index >= 15 is 0 Å². The van der Waals surface area contributed by atoms with E-state index in [9.17, 15) is 0 Å². The van der Waals surface area contributed by atoms with Crippen molar-refractivity contribution in [3.63, 3.8) is 0 Å². The van der Waals surface area contributed by atoms with Gasteiger partial charge in [0, 0.05) is 31.4 Å². The van der Waals surface area contributed by atoms with E-state index in [1.165, 1.54) is 0 Å². The number of nitrogens with zero attached hydrogens (tertiary/aromatic N) is 4. The second-order valence-electron chi connectivity index (χ2n) is 5.53. The second kappa shape index (κ2) is 8.13. The van der Waals surface area contributed by atoms with Gasteiger partial charge in [-0.2, -0.15) is 0 Å². The first kappa shape index (κ1) is 19.4. The quantitative estimate of drug-likeness (QED) is 0.262. The van der Waals surface area contributed by atoms with Crippen molar-refractivity contribution in [2.24, 2.45) is 0 Å². The number of aryl methyl sites for hydroxylation is 2. The zero-order valence-corrected chi connectivity index (χ0v) is 18.4.